The van der Waals surface area contributed by atoms with Crippen molar-refractivity contribution in [2.45, 2.75) is 12.8 Å². The third-order valence-electron chi connectivity index (χ3n) is 1.81. The van der Waals surface area contributed by atoms with Crippen LogP contribution in [0.15, 0.2) is 15.8 Å². The second-order valence-electron chi connectivity index (χ2n) is 3.03. The minimum Gasteiger partial charge on any atom is -0.313 e. The van der Waals surface area contributed by atoms with Crippen molar-refractivity contribution in [3.8, 4) is 11.8 Å². The molecule has 13 heavy (non-hydrogen) atoms. The minimum atomic E-state index is -0.498. The van der Waals surface area contributed by atoms with Gasteiger partial charge < -0.3 is 4.98 Å². The monoisotopic (exact) mass is 176 g/mol. The maximum absolute atomic E-state index is 11.1. The maximum atomic E-state index is 11.1. The van der Waals surface area contributed by atoms with Gasteiger partial charge in [0.05, 0.1) is 0 Å². The number of hydrogen-bond acceptors (Lipinski definition) is 2. The number of H-pyrrole nitrogens is 2. The molecule has 0 bridgehead atoms. The molecule has 1 saturated carbocycles. The van der Waals surface area contributed by atoms with E-state index in [-0.39, 0.29) is 0 Å². The molecule has 66 valence electrons. The summed E-state index contributed by atoms with van der Waals surface area (Å²) in [6.45, 7) is 0. The molecule has 0 atom stereocenters. The second-order valence-corrected chi connectivity index (χ2v) is 3.03. The SMILES string of the molecule is O=c1[nH]cc(C#CC2CC2)c(=O)[nH]1. The number of hydrogen-bond donors (Lipinski definition) is 2. The molecule has 0 saturated heterocycles. The van der Waals surface area contributed by atoms with Gasteiger partial charge in [0, 0.05) is 12.1 Å². The molecule has 2 rings (SSSR count). The zero-order valence-corrected chi connectivity index (χ0v) is 6.89. The summed E-state index contributed by atoms with van der Waals surface area (Å²) in [4.78, 5) is 26.2. The van der Waals surface area contributed by atoms with Crippen LogP contribution in [0, 0.1) is 17.8 Å². The fourth-order valence-corrected chi connectivity index (χ4v) is 0.910. The average molecular weight is 176 g/mol. The summed E-state index contributed by atoms with van der Waals surface area (Å²) in [5.74, 6) is 6.13. The van der Waals surface area contributed by atoms with Crippen LogP contribution < -0.4 is 11.2 Å². The van der Waals surface area contributed by atoms with Crippen LogP contribution >= 0.6 is 0 Å². The number of aromatic nitrogens is 2. The van der Waals surface area contributed by atoms with Crippen LogP contribution in [0.1, 0.15) is 18.4 Å². The van der Waals surface area contributed by atoms with Gasteiger partial charge >= 0.3 is 5.69 Å². The van der Waals surface area contributed by atoms with E-state index in [0.717, 1.165) is 12.8 Å². The van der Waals surface area contributed by atoms with Crippen molar-refractivity contribution in [2.24, 2.45) is 5.92 Å². The maximum Gasteiger partial charge on any atom is 0.325 e. The van der Waals surface area contributed by atoms with Crippen molar-refractivity contribution >= 4 is 0 Å². The van der Waals surface area contributed by atoms with E-state index in [1.807, 2.05) is 0 Å². The fourth-order valence-electron chi connectivity index (χ4n) is 0.910. The molecule has 4 nitrogen and oxygen atoms in total. The van der Waals surface area contributed by atoms with Gasteiger partial charge in [-0.15, -0.1) is 0 Å². The number of rotatable bonds is 0. The van der Waals surface area contributed by atoms with Crippen molar-refractivity contribution in [2.75, 3.05) is 0 Å². The average Bonchev–Trinajstić information content (AvgIpc) is 2.86. The smallest absolute Gasteiger partial charge is 0.313 e. The van der Waals surface area contributed by atoms with E-state index in [1.54, 1.807) is 0 Å². The van der Waals surface area contributed by atoms with Gasteiger partial charge in [-0.25, -0.2) is 4.79 Å². The summed E-state index contributed by atoms with van der Waals surface area (Å²) in [6.07, 6.45) is 3.58. The van der Waals surface area contributed by atoms with E-state index >= 15 is 0 Å². The van der Waals surface area contributed by atoms with Gasteiger partial charge in [0.25, 0.3) is 5.56 Å². The van der Waals surface area contributed by atoms with Gasteiger partial charge in [0.2, 0.25) is 0 Å². The molecule has 1 aliphatic rings. The molecule has 0 aromatic carbocycles. The van der Waals surface area contributed by atoms with E-state index in [9.17, 15) is 9.59 Å². The highest BCUT2D eigenvalue weighted by Gasteiger charge is 2.17. The van der Waals surface area contributed by atoms with Gasteiger partial charge in [0.15, 0.2) is 0 Å². The molecule has 4 heteroatoms. The lowest BCUT2D eigenvalue weighted by Gasteiger charge is -1.85. The first-order chi connectivity index (χ1) is 6.25. The van der Waals surface area contributed by atoms with E-state index in [4.69, 9.17) is 0 Å². The third kappa shape index (κ3) is 1.88. The zero-order chi connectivity index (χ0) is 9.26. The topological polar surface area (TPSA) is 65.7 Å². The summed E-state index contributed by atoms with van der Waals surface area (Å²) in [5.41, 5.74) is -0.592. The van der Waals surface area contributed by atoms with E-state index in [2.05, 4.69) is 21.8 Å². The molecular formula is C9H8N2O2. The molecule has 0 radical (unpaired) electrons. The molecule has 1 aliphatic carbocycles. The lowest BCUT2D eigenvalue weighted by molar-refractivity contribution is 1.03. The van der Waals surface area contributed by atoms with E-state index < -0.39 is 11.2 Å². The summed E-state index contributed by atoms with van der Waals surface area (Å²) in [7, 11) is 0. The van der Waals surface area contributed by atoms with Gasteiger partial charge in [0.1, 0.15) is 5.56 Å². The zero-order valence-electron chi connectivity index (χ0n) is 6.89. The number of nitrogens with one attached hydrogen (secondary N) is 2. The van der Waals surface area contributed by atoms with Crippen LogP contribution in [0.5, 0.6) is 0 Å². The summed E-state index contributed by atoms with van der Waals surface area (Å²) < 4.78 is 0. The van der Waals surface area contributed by atoms with Crippen LogP contribution in [-0.4, -0.2) is 9.97 Å². The first-order valence-corrected chi connectivity index (χ1v) is 4.09. The molecule has 1 heterocycles. The van der Waals surface area contributed by atoms with Crippen molar-refractivity contribution < 1.29 is 0 Å². The van der Waals surface area contributed by atoms with Crippen LogP contribution in [-0.2, 0) is 0 Å². The number of aromatic amines is 2. The predicted molar refractivity (Wildman–Crippen MR) is 47.3 cm³/mol. The molecule has 0 aliphatic heterocycles. The predicted octanol–water partition coefficient (Wildman–Crippen LogP) is -0.175. The molecular weight excluding hydrogens is 168 g/mol. The Bertz CT molecular complexity index is 483. The third-order valence-corrected chi connectivity index (χ3v) is 1.81. The first kappa shape index (κ1) is 7.87. The Balaban J connectivity index is 2.36. The van der Waals surface area contributed by atoms with Crippen LogP contribution in [0.3, 0.4) is 0 Å². The molecule has 0 unspecified atom stereocenters. The van der Waals surface area contributed by atoms with Crippen molar-refractivity contribution in [3.05, 3.63) is 32.6 Å². The highest BCUT2D eigenvalue weighted by molar-refractivity contribution is 5.30. The summed E-state index contributed by atoms with van der Waals surface area (Å²) in [6, 6.07) is 0. The molecule has 1 aromatic heterocycles. The lowest BCUT2D eigenvalue weighted by atomic mass is 10.3. The normalized spacial score (nSPS) is 14.8. The lowest BCUT2D eigenvalue weighted by Crippen LogP contribution is -2.23. The molecule has 0 spiro atoms. The van der Waals surface area contributed by atoms with Gasteiger partial charge in [-0.3, -0.25) is 9.78 Å². The Labute approximate surface area is 74.0 Å². The van der Waals surface area contributed by atoms with Crippen LogP contribution in [0.4, 0.5) is 0 Å². The standard InChI is InChI=1S/C9H8N2O2/c12-8-7(4-3-6-1-2-6)5-10-9(13)11-8/h5-6H,1-2H2,(H2,10,11,12,13). The van der Waals surface area contributed by atoms with E-state index in [1.165, 1.54) is 6.20 Å². The molecule has 2 N–H and O–H groups in total. The van der Waals surface area contributed by atoms with Gasteiger partial charge in [-0.2, -0.15) is 0 Å². The molecule has 0 amide bonds. The van der Waals surface area contributed by atoms with Crippen LogP contribution in [0.25, 0.3) is 0 Å². The van der Waals surface area contributed by atoms with Gasteiger partial charge in [-0.05, 0) is 12.8 Å². The van der Waals surface area contributed by atoms with E-state index in [0.29, 0.717) is 11.5 Å². The highest BCUT2D eigenvalue weighted by Crippen LogP contribution is 2.27. The Morgan fingerprint density at radius 3 is 2.77 bits per heavy atom. The quantitative estimate of drug-likeness (QED) is 0.539. The first-order valence-electron chi connectivity index (χ1n) is 4.09. The second kappa shape index (κ2) is 2.94. The van der Waals surface area contributed by atoms with Crippen molar-refractivity contribution in [3.63, 3.8) is 0 Å². The molecule has 1 fully saturated rings. The molecule has 1 aromatic rings. The van der Waals surface area contributed by atoms with Crippen molar-refractivity contribution in [1.29, 1.82) is 0 Å². The highest BCUT2D eigenvalue weighted by atomic mass is 16.2. The Morgan fingerprint density at radius 2 is 2.15 bits per heavy atom. The van der Waals surface area contributed by atoms with Crippen LogP contribution in [0.2, 0.25) is 0 Å². The Hall–Kier alpha value is -1.76. The fraction of sp³-hybridized carbons (Fsp3) is 0.333. The Kier molecular flexibility index (Phi) is 1.78. The van der Waals surface area contributed by atoms with Gasteiger partial charge in [-0.1, -0.05) is 11.8 Å². The van der Waals surface area contributed by atoms with Crippen molar-refractivity contribution in [1.82, 2.24) is 9.97 Å². The summed E-state index contributed by atoms with van der Waals surface area (Å²) >= 11 is 0. The summed E-state index contributed by atoms with van der Waals surface area (Å²) in [5, 5.41) is 0. The minimum absolute atomic E-state index is 0.325. The largest absolute Gasteiger partial charge is 0.325 e. The Morgan fingerprint density at radius 1 is 1.38 bits per heavy atom.